The Morgan fingerprint density at radius 1 is 1.22 bits per heavy atom. The molecule has 0 aliphatic heterocycles. The summed E-state index contributed by atoms with van der Waals surface area (Å²) in [4.78, 5) is -0.285. The molecule has 0 saturated heterocycles. The largest absolute Gasteiger partial charge is 0.361 e. The number of hydrogen-bond donors (Lipinski definition) is 1. The predicted molar refractivity (Wildman–Crippen MR) is 85.5 cm³/mol. The fraction of sp³-hybridized carbons (Fsp3) is 0.438. The fourth-order valence-electron chi connectivity index (χ4n) is 2.75. The summed E-state index contributed by atoms with van der Waals surface area (Å²) in [6.07, 6.45) is 0.992. The van der Waals surface area contributed by atoms with E-state index < -0.39 is 15.7 Å². The molecule has 2 unspecified atom stereocenters. The first-order valence-electron chi connectivity index (χ1n) is 7.29. The van der Waals surface area contributed by atoms with Crippen molar-refractivity contribution < 1.29 is 17.3 Å². The summed E-state index contributed by atoms with van der Waals surface area (Å²) in [5.41, 5.74) is 2.46. The van der Waals surface area contributed by atoms with Gasteiger partial charge in [-0.25, -0.2) is 12.8 Å². The highest BCUT2D eigenvalue weighted by molar-refractivity contribution is 7.90. The van der Waals surface area contributed by atoms with Gasteiger partial charge in [-0.2, -0.15) is 0 Å². The molecule has 0 bridgehead atoms. The van der Waals surface area contributed by atoms with Crippen LogP contribution in [0.15, 0.2) is 27.6 Å². The van der Waals surface area contributed by atoms with E-state index in [2.05, 4.69) is 10.5 Å². The summed E-state index contributed by atoms with van der Waals surface area (Å²) in [6.45, 7) is 7.59. The van der Waals surface area contributed by atoms with E-state index in [1.165, 1.54) is 12.1 Å². The van der Waals surface area contributed by atoms with Crippen LogP contribution in [0.4, 0.5) is 4.39 Å². The van der Waals surface area contributed by atoms with E-state index in [0.717, 1.165) is 23.3 Å². The summed E-state index contributed by atoms with van der Waals surface area (Å²) in [6, 6.07) is 3.99. The monoisotopic (exact) mass is 340 g/mol. The minimum absolute atomic E-state index is 0.0334. The van der Waals surface area contributed by atoms with Crippen LogP contribution in [-0.2, 0) is 9.84 Å². The summed E-state index contributed by atoms with van der Waals surface area (Å²) < 4.78 is 42.1. The molecule has 5 nitrogen and oxygen atoms in total. The quantitative estimate of drug-likeness (QED) is 0.904. The van der Waals surface area contributed by atoms with Crippen molar-refractivity contribution >= 4 is 9.84 Å². The highest BCUT2D eigenvalue weighted by Crippen LogP contribution is 2.26. The maximum absolute atomic E-state index is 14.0. The van der Waals surface area contributed by atoms with Crippen LogP contribution in [0.5, 0.6) is 0 Å². The SMILES string of the molecule is Cc1noc(C)c1C(C)NC(C)c1ccc(S(C)(=O)=O)c(F)c1. The Bertz CT molecular complexity index is 795. The second kappa shape index (κ2) is 6.41. The van der Waals surface area contributed by atoms with Crippen LogP contribution in [0.25, 0.3) is 0 Å². The standard InChI is InChI=1S/C16H21FN2O3S/c1-9(18-10(2)16-11(3)19-22-12(16)4)13-6-7-15(14(17)8-13)23(5,20)21/h6-10,18H,1-5H3. The predicted octanol–water partition coefficient (Wildman–Crippen LogP) is 3.25. The highest BCUT2D eigenvalue weighted by atomic mass is 32.2. The molecule has 0 aliphatic rings. The Morgan fingerprint density at radius 3 is 2.35 bits per heavy atom. The molecule has 1 aromatic heterocycles. The van der Waals surface area contributed by atoms with E-state index in [-0.39, 0.29) is 17.0 Å². The summed E-state index contributed by atoms with van der Waals surface area (Å²) in [7, 11) is -3.56. The zero-order valence-corrected chi connectivity index (χ0v) is 14.7. The van der Waals surface area contributed by atoms with E-state index in [1.807, 2.05) is 27.7 Å². The van der Waals surface area contributed by atoms with Gasteiger partial charge in [0.15, 0.2) is 9.84 Å². The van der Waals surface area contributed by atoms with Crippen LogP contribution in [0.2, 0.25) is 0 Å². The Labute approximate surface area is 135 Å². The van der Waals surface area contributed by atoms with Crippen molar-refractivity contribution in [1.82, 2.24) is 10.5 Å². The number of benzene rings is 1. The number of sulfone groups is 1. The molecule has 2 rings (SSSR count). The van der Waals surface area contributed by atoms with Crippen molar-refractivity contribution in [2.75, 3.05) is 6.26 Å². The molecular weight excluding hydrogens is 319 g/mol. The Hall–Kier alpha value is -1.73. The van der Waals surface area contributed by atoms with E-state index >= 15 is 0 Å². The number of aryl methyl sites for hydroxylation is 2. The van der Waals surface area contributed by atoms with Gasteiger partial charge in [-0.05, 0) is 45.4 Å². The van der Waals surface area contributed by atoms with Crippen molar-refractivity contribution in [2.24, 2.45) is 0 Å². The van der Waals surface area contributed by atoms with E-state index in [1.54, 1.807) is 6.07 Å². The number of aromatic nitrogens is 1. The van der Waals surface area contributed by atoms with Crippen LogP contribution in [0, 0.1) is 19.7 Å². The Balaban J connectivity index is 2.21. The molecule has 1 aromatic carbocycles. The summed E-state index contributed by atoms with van der Waals surface area (Å²) in [5, 5.41) is 7.28. The van der Waals surface area contributed by atoms with Gasteiger partial charge in [-0.15, -0.1) is 0 Å². The van der Waals surface area contributed by atoms with Crippen LogP contribution >= 0.6 is 0 Å². The second-order valence-electron chi connectivity index (χ2n) is 5.81. The smallest absolute Gasteiger partial charge is 0.178 e. The average Bonchev–Trinajstić information content (AvgIpc) is 2.76. The molecule has 126 valence electrons. The molecule has 0 aliphatic carbocycles. The van der Waals surface area contributed by atoms with Crippen molar-refractivity contribution in [1.29, 1.82) is 0 Å². The van der Waals surface area contributed by atoms with E-state index in [4.69, 9.17) is 4.52 Å². The van der Waals surface area contributed by atoms with Gasteiger partial charge in [0.25, 0.3) is 0 Å². The second-order valence-corrected chi connectivity index (χ2v) is 7.79. The van der Waals surface area contributed by atoms with Gasteiger partial charge in [0.2, 0.25) is 0 Å². The lowest BCUT2D eigenvalue weighted by Gasteiger charge is -2.21. The maximum atomic E-state index is 14.0. The van der Waals surface area contributed by atoms with Gasteiger partial charge in [0.05, 0.1) is 5.69 Å². The third kappa shape index (κ3) is 3.79. The zero-order chi connectivity index (χ0) is 17.4. The first kappa shape index (κ1) is 17.6. The van der Waals surface area contributed by atoms with Crippen LogP contribution < -0.4 is 5.32 Å². The number of hydrogen-bond acceptors (Lipinski definition) is 5. The highest BCUT2D eigenvalue weighted by Gasteiger charge is 2.20. The van der Waals surface area contributed by atoms with Crippen molar-refractivity contribution in [3.8, 4) is 0 Å². The van der Waals surface area contributed by atoms with Gasteiger partial charge in [0, 0.05) is 23.9 Å². The van der Waals surface area contributed by atoms with Crippen LogP contribution in [0.3, 0.4) is 0 Å². The van der Waals surface area contributed by atoms with Gasteiger partial charge in [-0.1, -0.05) is 11.2 Å². The van der Waals surface area contributed by atoms with Gasteiger partial charge in [-0.3, -0.25) is 0 Å². The first-order chi connectivity index (χ1) is 10.6. The lowest BCUT2D eigenvalue weighted by Crippen LogP contribution is -2.23. The normalized spacial score (nSPS) is 14.7. The van der Waals surface area contributed by atoms with Crippen molar-refractivity contribution in [3.63, 3.8) is 0 Å². The number of rotatable bonds is 5. The molecule has 0 amide bonds. The number of nitrogens with one attached hydrogen (secondary N) is 1. The molecule has 7 heteroatoms. The lowest BCUT2D eigenvalue weighted by atomic mass is 10.0. The molecular formula is C16H21FN2O3S. The molecule has 1 heterocycles. The first-order valence-corrected chi connectivity index (χ1v) is 9.18. The molecule has 0 spiro atoms. The van der Waals surface area contributed by atoms with Gasteiger partial charge in [0.1, 0.15) is 16.5 Å². The third-order valence-electron chi connectivity index (χ3n) is 3.88. The molecule has 0 radical (unpaired) electrons. The lowest BCUT2D eigenvalue weighted by molar-refractivity contribution is 0.389. The van der Waals surface area contributed by atoms with Crippen molar-refractivity contribution in [2.45, 2.75) is 44.7 Å². The Kier molecular flexibility index (Phi) is 4.91. The summed E-state index contributed by atoms with van der Waals surface area (Å²) in [5.74, 6) is 0.0111. The number of nitrogens with zero attached hydrogens (tertiary/aromatic N) is 1. The number of halogens is 1. The summed E-state index contributed by atoms with van der Waals surface area (Å²) >= 11 is 0. The van der Waals surface area contributed by atoms with Gasteiger partial charge < -0.3 is 9.84 Å². The maximum Gasteiger partial charge on any atom is 0.178 e. The van der Waals surface area contributed by atoms with Crippen LogP contribution in [-0.4, -0.2) is 19.8 Å². The minimum atomic E-state index is -3.56. The molecule has 2 atom stereocenters. The van der Waals surface area contributed by atoms with E-state index in [0.29, 0.717) is 5.56 Å². The molecule has 2 aromatic rings. The molecule has 1 N–H and O–H groups in total. The van der Waals surface area contributed by atoms with E-state index in [9.17, 15) is 12.8 Å². The Morgan fingerprint density at radius 2 is 1.87 bits per heavy atom. The molecule has 0 saturated carbocycles. The molecule has 0 fully saturated rings. The van der Waals surface area contributed by atoms with Crippen molar-refractivity contribution in [3.05, 3.63) is 46.6 Å². The molecule has 23 heavy (non-hydrogen) atoms. The van der Waals surface area contributed by atoms with Gasteiger partial charge >= 0.3 is 0 Å². The topological polar surface area (TPSA) is 72.2 Å². The average molecular weight is 340 g/mol. The third-order valence-corrected chi connectivity index (χ3v) is 5.01. The van der Waals surface area contributed by atoms with Crippen LogP contribution in [0.1, 0.15) is 48.5 Å². The zero-order valence-electron chi connectivity index (χ0n) is 13.8. The fourth-order valence-corrected chi connectivity index (χ4v) is 3.48. The minimum Gasteiger partial charge on any atom is -0.361 e.